The van der Waals surface area contributed by atoms with Crippen molar-refractivity contribution in [2.75, 3.05) is 32.6 Å². The molecule has 0 aliphatic heterocycles. The van der Waals surface area contributed by atoms with Gasteiger partial charge in [-0.1, -0.05) is 6.07 Å². The monoisotopic (exact) mass is 360 g/mol. The number of likely N-dealkylation sites (N-methyl/N-ethyl adjacent to an activating group) is 1. The number of carbonyl (C=O) groups is 2. The number of rotatable bonds is 6. The minimum absolute atomic E-state index is 0.0245. The van der Waals surface area contributed by atoms with Crippen molar-refractivity contribution in [1.82, 2.24) is 4.90 Å². The predicted molar refractivity (Wildman–Crippen MR) is 80.6 cm³/mol. The molecular formula is C13H17BrN2O5. The van der Waals surface area contributed by atoms with Gasteiger partial charge in [-0.3, -0.25) is 0 Å². The molecule has 1 aromatic carbocycles. The van der Waals surface area contributed by atoms with E-state index >= 15 is 0 Å². The fraction of sp³-hybridized carbons (Fsp3) is 0.385. The summed E-state index contributed by atoms with van der Waals surface area (Å²) in [7, 11) is 2.94. The average molecular weight is 361 g/mol. The third-order valence-electron chi connectivity index (χ3n) is 2.67. The number of aliphatic hydroxyl groups excluding tert-OH is 1. The average Bonchev–Trinajstić information content (AvgIpc) is 2.40. The van der Waals surface area contributed by atoms with Gasteiger partial charge in [-0.2, -0.15) is 0 Å². The summed E-state index contributed by atoms with van der Waals surface area (Å²) in [5.41, 5.74) is 0.145. The Hall–Kier alpha value is -1.64. The third kappa shape index (κ3) is 5.00. The van der Waals surface area contributed by atoms with Crippen LogP contribution in [0.5, 0.6) is 0 Å². The molecule has 3 N–H and O–H groups in total. The van der Waals surface area contributed by atoms with Crippen LogP contribution in [-0.2, 0) is 4.74 Å². The fourth-order valence-corrected chi connectivity index (χ4v) is 2.14. The van der Waals surface area contributed by atoms with Crippen LogP contribution < -0.4 is 5.32 Å². The maximum Gasteiger partial charge on any atom is 0.337 e. The Morgan fingerprint density at radius 1 is 1.48 bits per heavy atom. The summed E-state index contributed by atoms with van der Waals surface area (Å²) in [6, 6.07) is 4.05. The van der Waals surface area contributed by atoms with Crippen molar-refractivity contribution < 1.29 is 24.5 Å². The Kier molecular flexibility index (Phi) is 6.60. The van der Waals surface area contributed by atoms with Crippen LogP contribution in [0.2, 0.25) is 0 Å². The van der Waals surface area contributed by atoms with Crippen LogP contribution in [0, 0.1) is 0 Å². The van der Waals surface area contributed by atoms with E-state index in [0.29, 0.717) is 4.47 Å². The summed E-state index contributed by atoms with van der Waals surface area (Å²) in [5.74, 6) is -1.14. The van der Waals surface area contributed by atoms with Gasteiger partial charge in [-0.15, -0.1) is 0 Å². The summed E-state index contributed by atoms with van der Waals surface area (Å²) >= 11 is 3.20. The lowest BCUT2D eigenvalue weighted by molar-refractivity contribution is 0.0501. The molecule has 0 aliphatic rings. The summed E-state index contributed by atoms with van der Waals surface area (Å²) in [4.78, 5) is 24.4. The van der Waals surface area contributed by atoms with Gasteiger partial charge in [0.2, 0.25) is 0 Å². The topological polar surface area (TPSA) is 99.1 Å². The van der Waals surface area contributed by atoms with Crippen LogP contribution in [0.3, 0.4) is 0 Å². The normalized spacial score (nSPS) is 11.8. The van der Waals surface area contributed by atoms with Crippen LogP contribution in [0.15, 0.2) is 22.7 Å². The molecule has 1 unspecified atom stereocenters. The number of aliphatic hydroxyl groups is 1. The summed E-state index contributed by atoms with van der Waals surface area (Å²) in [6.45, 7) is 0.166. The number of carbonyl (C=O) groups excluding carboxylic acids is 1. The number of hydrogen-bond donors (Lipinski definition) is 3. The lowest BCUT2D eigenvalue weighted by Crippen LogP contribution is -2.39. The van der Waals surface area contributed by atoms with Crippen molar-refractivity contribution in [1.29, 1.82) is 0 Å². The molecule has 0 bridgehead atoms. The first-order chi connectivity index (χ1) is 9.86. The number of urea groups is 1. The number of carboxylic acids is 1. The van der Waals surface area contributed by atoms with Crippen LogP contribution in [0.25, 0.3) is 0 Å². The molecule has 0 spiro atoms. The standard InChI is InChI=1S/C13H17BrN2O5/c1-16(6-8(17)7-21-2)13(20)15-11-9(12(18)19)4-3-5-10(11)14/h3-5,8,17H,6-7H2,1-2H3,(H,15,20)(H,18,19). The first kappa shape index (κ1) is 17.4. The highest BCUT2D eigenvalue weighted by Crippen LogP contribution is 2.26. The van der Waals surface area contributed by atoms with Gasteiger partial charge >= 0.3 is 12.0 Å². The van der Waals surface area contributed by atoms with E-state index in [1.807, 2.05) is 0 Å². The van der Waals surface area contributed by atoms with Crippen molar-refractivity contribution in [3.63, 3.8) is 0 Å². The Bertz CT molecular complexity index is 523. The molecule has 1 atom stereocenters. The van der Waals surface area contributed by atoms with Gasteiger partial charge in [-0.25, -0.2) is 9.59 Å². The molecule has 1 aromatic rings. The van der Waals surface area contributed by atoms with E-state index in [9.17, 15) is 14.7 Å². The highest BCUT2D eigenvalue weighted by atomic mass is 79.9. The SMILES string of the molecule is COCC(O)CN(C)C(=O)Nc1c(Br)cccc1C(=O)O. The van der Waals surface area contributed by atoms with Crippen molar-refractivity contribution in [3.8, 4) is 0 Å². The zero-order valence-corrected chi connectivity index (χ0v) is 13.3. The minimum atomic E-state index is -1.14. The van der Waals surface area contributed by atoms with Crippen molar-refractivity contribution >= 4 is 33.6 Å². The lowest BCUT2D eigenvalue weighted by atomic mass is 10.2. The zero-order chi connectivity index (χ0) is 16.0. The molecule has 21 heavy (non-hydrogen) atoms. The van der Waals surface area contributed by atoms with Crippen molar-refractivity contribution in [2.24, 2.45) is 0 Å². The van der Waals surface area contributed by atoms with Gasteiger partial charge in [0.25, 0.3) is 0 Å². The van der Waals surface area contributed by atoms with E-state index in [-0.39, 0.29) is 24.4 Å². The second kappa shape index (κ2) is 7.96. The minimum Gasteiger partial charge on any atom is -0.478 e. The number of amides is 2. The zero-order valence-electron chi connectivity index (χ0n) is 11.7. The molecule has 0 saturated heterocycles. The summed E-state index contributed by atoms with van der Waals surface area (Å²) < 4.78 is 5.24. The Morgan fingerprint density at radius 2 is 2.14 bits per heavy atom. The fourth-order valence-electron chi connectivity index (χ4n) is 1.68. The first-order valence-corrected chi connectivity index (χ1v) is 6.87. The lowest BCUT2D eigenvalue weighted by Gasteiger charge is -2.21. The molecule has 0 aliphatic carbocycles. The van der Waals surface area contributed by atoms with Gasteiger partial charge < -0.3 is 25.2 Å². The number of carboxylic acid groups (broad SMARTS) is 1. The highest BCUT2D eigenvalue weighted by Gasteiger charge is 2.18. The molecule has 7 nitrogen and oxygen atoms in total. The summed E-state index contributed by atoms with van der Waals surface area (Å²) in [6.07, 6.45) is -0.816. The van der Waals surface area contributed by atoms with Crippen LogP contribution >= 0.6 is 15.9 Å². The maximum absolute atomic E-state index is 12.0. The van der Waals surface area contributed by atoms with E-state index < -0.39 is 18.1 Å². The number of methoxy groups -OCH3 is 1. The van der Waals surface area contributed by atoms with Gasteiger partial charge in [0.15, 0.2) is 0 Å². The molecular weight excluding hydrogens is 344 g/mol. The van der Waals surface area contributed by atoms with Crippen LogP contribution in [0.4, 0.5) is 10.5 Å². The number of aromatic carboxylic acids is 1. The van der Waals surface area contributed by atoms with Gasteiger partial charge in [0, 0.05) is 18.6 Å². The molecule has 116 valence electrons. The molecule has 2 amide bonds. The Labute approximate surface area is 130 Å². The highest BCUT2D eigenvalue weighted by molar-refractivity contribution is 9.10. The first-order valence-electron chi connectivity index (χ1n) is 6.07. The number of halogens is 1. The Morgan fingerprint density at radius 3 is 2.71 bits per heavy atom. The number of benzene rings is 1. The molecule has 0 saturated carbocycles. The van der Waals surface area contributed by atoms with Crippen LogP contribution in [0.1, 0.15) is 10.4 Å². The molecule has 8 heteroatoms. The van der Waals surface area contributed by atoms with E-state index in [4.69, 9.17) is 9.84 Å². The summed E-state index contributed by atoms with van der Waals surface area (Å²) in [5, 5.41) is 21.2. The van der Waals surface area contributed by atoms with E-state index in [2.05, 4.69) is 21.2 Å². The molecule has 0 aromatic heterocycles. The number of para-hydroxylation sites is 1. The second-order valence-corrected chi connectivity index (χ2v) is 5.24. The van der Waals surface area contributed by atoms with Crippen molar-refractivity contribution in [3.05, 3.63) is 28.2 Å². The quantitative estimate of drug-likeness (QED) is 0.715. The number of hydrogen-bond acceptors (Lipinski definition) is 4. The molecule has 0 radical (unpaired) electrons. The van der Waals surface area contributed by atoms with Gasteiger partial charge in [0.05, 0.1) is 30.5 Å². The Balaban J connectivity index is 2.81. The number of nitrogens with one attached hydrogen (secondary N) is 1. The largest absolute Gasteiger partial charge is 0.478 e. The third-order valence-corrected chi connectivity index (χ3v) is 3.33. The smallest absolute Gasteiger partial charge is 0.337 e. The molecule has 1 rings (SSSR count). The van der Waals surface area contributed by atoms with Gasteiger partial charge in [-0.05, 0) is 28.1 Å². The van der Waals surface area contributed by atoms with Crippen LogP contribution in [-0.4, -0.2) is 60.5 Å². The predicted octanol–water partition coefficient (Wildman–Crippen LogP) is 1.62. The van der Waals surface area contributed by atoms with Crippen molar-refractivity contribution in [2.45, 2.75) is 6.10 Å². The number of ether oxygens (including phenoxy) is 1. The van der Waals surface area contributed by atoms with Gasteiger partial charge in [0.1, 0.15) is 0 Å². The molecule has 0 heterocycles. The number of anilines is 1. The number of nitrogens with zero attached hydrogens (tertiary/aromatic N) is 1. The molecule has 0 fully saturated rings. The van der Waals surface area contributed by atoms with E-state index in [1.165, 1.54) is 25.1 Å². The second-order valence-electron chi connectivity index (χ2n) is 4.39. The van der Waals surface area contributed by atoms with E-state index in [0.717, 1.165) is 0 Å². The van der Waals surface area contributed by atoms with E-state index in [1.54, 1.807) is 12.1 Å². The maximum atomic E-state index is 12.0.